The summed E-state index contributed by atoms with van der Waals surface area (Å²) in [7, 11) is 1.91. The number of H-pyrrole nitrogens is 1. The van der Waals surface area contributed by atoms with Crippen molar-refractivity contribution in [3.05, 3.63) is 54.0 Å². The predicted molar refractivity (Wildman–Crippen MR) is 75.6 cm³/mol. The molecule has 3 rings (SSSR count). The Morgan fingerprint density at radius 1 is 1.15 bits per heavy atom. The first-order chi connectivity index (χ1) is 9.83. The lowest BCUT2D eigenvalue weighted by molar-refractivity contribution is 0.676. The summed E-state index contributed by atoms with van der Waals surface area (Å²) in [6, 6.07) is 10.0. The van der Waals surface area contributed by atoms with Crippen LogP contribution in [-0.2, 0) is 20.1 Å². The van der Waals surface area contributed by atoms with Gasteiger partial charge in [0.05, 0.1) is 6.20 Å². The number of rotatable bonds is 5. The van der Waals surface area contributed by atoms with Crippen LogP contribution in [0.4, 0.5) is 0 Å². The number of hydrogen-bond acceptors (Lipinski definition) is 4. The zero-order valence-electron chi connectivity index (χ0n) is 11.2. The lowest BCUT2D eigenvalue weighted by Gasteiger charge is -2.02. The van der Waals surface area contributed by atoms with Crippen LogP contribution in [0.2, 0.25) is 0 Å². The van der Waals surface area contributed by atoms with Crippen LogP contribution >= 0.6 is 0 Å². The van der Waals surface area contributed by atoms with E-state index in [9.17, 15) is 0 Å². The Kier molecular flexibility index (Phi) is 3.56. The summed E-state index contributed by atoms with van der Waals surface area (Å²) in [5.41, 5.74) is 4.03. The molecule has 0 unspecified atom stereocenters. The van der Waals surface area contributed by atoms with E-state index in [-0.39, 0.29) is 0 Å². The second-order valence-corrected chi connectivity index (χ2v) is 4.61. The van der Waals surface area contributed by atoms with Crippen molar-refractivity contribution in [1.29, 1.82) is 0 Å². The number of hydrogen-bond donors (Lipinski definition) is 2. The van der Waals surface area contributed by atoms with E-state index >= 15 is 0 Å². The van der Waals surface area contributed by atoms with E-state index in [0.29, 0.717) is 6.54 Å². The van der Waals surface area contributed by atoms with E-state index in [1.54, 1.807) is 4.68 Å². The molecule has 2 aromatic heterocycles. The molecule has 20 heavy (non-hydrogen) atoms. The van der Waals surface area contributed by atoms with Crippen LogP contribution in [0.3, 0.4) is 0 Å². The summed E-state index contributed by atoms with van der Waals surface area (Å²) in [5.74, 6) is 0. The first-order valence-corrected chi connectivity index (χ1v) is 6.46. The van der Waals surface area contributed by atoms with Gasteiger partial charge < -0.3 is 5.32 Å². The molecule has 0 amide bonds. The fraction of sp³-hybridized carbons (Fsp3) is 0.214. The molecule has 0 atom stereocenters. The Hall–Kier alpha value is -2.47. The van der Waals surface area contributed by atoms with Crippen molar-refractivity contribution in [2.24, 2.45) is 7.05 Å². The van der Waals surface area contributed by atoms with Gasteiger partial charge in [-0.2, -0.15) is 20.5 Å². The number of nitrogens with zero attached hydrogens (tertiary/aromatic N) is 4. The fourth-order valence-electron chi connectivity index (χ4n) is 2.09. The van der Waals surface area contributed by atoms with E-state index in [2.05, 4.69) is 25.8 Å². The van der Waals surface area contributed by atoms with Crippen molar-refractivity contribution in [2.45, 2.75) is 13.1 Å². The molecule has 0 aliphatic carbocycles. The molecule has 2 heterocycles. The van der Waals surface area contributed by atoms with Gasteiger partial charge in [-0.3, -0.25) is 4.68 Å². The highest BCUT2D eigenvalue weighted by Crippen LogP contribution is 2.18. The second kappa shape index (κ2) is 5.66. The maximum atomic E-state index is 4.22. The normalized spacial score (nSPS) is 10.8. The average Bonchev–Trinajstić information content (AvgIpc) is 3.09. The van der Waals surface area contributed by atoms with Crippen molar-refractivity contribution in [3.63, 3.8) is 0 Å². The lowest BCUT2D eigenvalue weighted by atomic mass is 10.1. The Morgan fingerprint density at radius 2 is 2.00 bits per heavy atom. The summed E-state index contributed by atoms with van der Waals surface area (Å²) in [6.07, 6.45) is 3.85. The Morgan fingerprint density at radius 3 is 2.75 bits per heavy atom. The van der Waals surface area contributed by atoms with Crippen LogP contribution in [0.15, 0.2) is 42.7 Å². The molecule has 2 N–H and O–H groups in total. The van der Waals surface area contributed by atoms with Gasteiger partial charge in [0.25, 0.3) is 0 Å². The highest BCUT2D eigenvalue weighted by atomic mass is 15.3. The van der Waals surface area contributed by atoms with Crippen molar-refractivity contribution >= 4 is 0 Å². The highest BCUT2D eigenvalue weighted by Gasteiger charge is 2.09. The molecule has 1 aromatic carbocycles. The van der Waals surface area contributed by atoms with Crippen LogP contribution in [0, 0.1) is 0 Å². The van der Waals surface area contributed by atoms with Gasteiger partial charge in [-0.15, -0.1) is 0 Å². The van der Waals surface area contributed by atoms with E-state index in [1.807, 2.05) is 49.8 Å². The molecule has 0 spiro atoms. The van der Waals surface area contributed by atoms with Crippen molar-refractivity contribution in [3.8, 4) is 11.3 Å². The Bertz CT molecular complexity index is 670. The van der Waals surface area contributed by atoms with Crippen LogP contribution in [0.25, 0.3) is 11.3 Å². The van der Waals surface area contributed by atoms with E-state index in [4.69, 9.17) is 0 Å². The Balaban J connectivity index is 1.65. The monoisotopic (exact) mass is 268 g/mol. The van der Waals surface area contributed by atoms with Crippen LogP contribution in [0.1, 0.15) is 11.3 Å². The van der Waals surface area contributed by atoms with E-state index in [0.717, 1.165) is 29.1 Å². The summed E-state index contributed by atoms with van der Waals surface area (Å²) >= 11 is 0. The zero-order chi connectivity index (χ0) is 13.8. The number of aryl methyl sites for hydroxylation is 1. The van der Waals surface area contributed by atoms with E-state index in [1.165, 1.54) is 0 Å². The molecule has 3 aromatic rings. The number of aromatic amines is 1. The average molecular weight is 268 g/mol. The third kappa shape index (κ3) is 2.75. The minimum atomic E-state index is 0.662. The van der Waals surface area contributed by atoms with Crippen molar-refractivity contribution in [2.75, 3.05) is 0 Å². The minimum Gasteiger partial charge on any atom is -0.307 e. The van der Waals surface area contributed by atoms with Crippen LogP contribution < -0.4 is 5.32 Å². The van der Waals surface area contributed by atoms with Crippen molar-refractivity contribution in [1.82, 2.24) is 30.5 Å². The zero-order valence-corrected chi connectivity index (χ0v) is 11.2. The minimum absolute atomic E-state index is 0.662. The van der Waals surface area contributed by atoms with Crippen LogP contribution in [-0.4, -0.2) is 25.2 Å². The van der Waals surface area contributed by atoms with Crippen molar-refractivity contribution < 1.29 is 0 Å². The molecule has 6 nitrogen and oxygen atoms in total. The number of aromatic nitrogens is 5. The maximum absolute atomic E-state index is 4.22. The summed E-state index contributed by atoms with van der Waals surface area (Å²) in [6.45, 7) is 1.42. The SMILES string of the molecule is Cn1cc(CNCc2n[nH]nc2-c2ccccc2)cn1. The molecule has 0 saturated heterocycles. The van der Waals surface area contributed by atoms with Gasteiger partial charge in [0.15, 0.2) is 0 Å². The maximum Gasteiger partial charge on any atom is 0.117 e. The van der Waals surface area contributed by atoms with Gasteiger partial charge in [-0.05, 0) is 0 Å². The van der Waals surface area contributed by atoms with Gasteiger partial charge in [-0.1, -0.05) is 30.3 Å². The molecular formula is C14H16N6. The first kappa shape index (κ1) is 12.6. The summed E-state index contributed by atoms with van der Waals surface area (Å²) < 4.78 is 1.79. The van der Waals surface area contributed by atoms with Gasteiger partial charge >= 0.3 is 0 Å². The molecule has 6 heteroatoms. The van der Waals surface area contributed by atoms with Gasteiger partial charge in [0.2, 0.25) is 0 Å². The third-order valence-corrected chi connectivity index (χ3v) is 3.05. The molecule has 102 valence electrons. The predicted octanol–water partition coefficient (Wildman–Crippen LogP) is 1.49. The number of benzene rings is 1. The smallest absolute Gasteiger partial charge is 0.117 e. The molecule has 0 saturated carbocycles. The molecule has 0 aliphatic heterocycles. The van der Waals surface area contributed by atoms with E-state index < -0.39 is 0 Å². The van der Waals surface area contributed by atoms with Gasteiger partial charge in [-0.25, -0.2) is 0 Å². The Labute approximate surface area is 116 Å². The van der Waals surface area contributed by atoms with Gasteiger partial charge in [0.1, 0.15) is 11.4 Å². The van der Waals surface area contributed by atoms with Crippen LogP contribution in [0.5, 0.6) is 0 Å². The highest BCUT2D eigenvalue weighted by molar-refractivity contribution is 5.60. The first-order valence-electron chi connectivity index (χ1n) is 6.46. The molecule has 0 radical (unpaired) electrons. The molecule has 0 bridgehead atoms. The topological polar surface area (TPSA) is 71.4 Å². The summed E-state index contributed by atoms with van der Waals surface area (Å²) in [5, 5.41) is 18.6. The number of nitrogens with one attached hydrogen (secondary N) is 2. The lowest BCUT2D eigenvalue weighted by Crippen LogP contribution is -2.13. The fourth-order valence-corrected chi connectivity index (χ4v) is 2.09. The third-order valence-electron chi connectivity index (χ3n) is 3.05. The second-order valence-electron chi connectivity index (χ2n) is 4.61. The molecule has 0 fully saturated rings. The quantitative estimate of drug-likeness (QED) is 0.735. The standard InChI is InChI=1S/C14H16N6/c1-20-10-11(8-16-20)7-15-9-13-14(18-19-17-13)12-5-3-2-4-6-12/h2-6,8,10,15H,7,9H2,1H3,(H,17,18,19). The molecule has 0 aliphatic rings. The largest absolute Gasteiger partial charge is 0.307 e. The molecular weight excluding hydrogens is 252 g/mol. The van der Waals surface area contributed by atoms with Gasteiger partial charge in [0, 0.05) is 37.5 Å². The summed E-state index contributed by atoms with van der Waals surface area (Å²) in [4.78, 5) is 0.